The van der Waals surface area contributed by atoms with Gasteiger partial charge in [-0.15, -0.1) is 0 Å². The Balaban J connectivity index is 2.62. The zero-order valence-corrected chi connectivity index (χ0v) is 9.87. The summed E-state index contributed by atoms with van der Waals surface area (Å²) in [6, 6.07) is 0. The number of hydrogen-bond donors (Lipinski definition) is 7. The fraction of sp³-hybridized carbons (Fsp3) is 1.00. The van der Waals surface area contributed by atoms with Crippen molar-refractivity contribution in [2.24, 2.45) is 0 Å². The first-order valence-corrected chi connectivity index (χ1v) is 6.42. The van der Waals surface area contributed by atoms with Gasteiger partial charge in [0.1, 0.15) is 30.5 Å². The molecule has 108 valence electrons. The Bertz CT molecular complexity index is 317. The van der Waals surface area contributed by atoms with E-state index in [1.54, 1.807) is 0 Å². The van der Waals surface area contributed by atoms with Gasteiger partial charge < -0.3 is 40.1 Å². The molecule has 0 bridgehead atoms. The molecule has 0 aromatic rings. The lowest BCUT2D eigenvalue weighted by molar-refractivity contribution is -0.298. The predicted octanol–water partition coefficient (Wildman–Crippen LogP) is -3.74. The van der Waals surface area contributed by atoms with Gasteiger partial charge >= 0.3 is 7.82 Å². The molecule has 1 fully saturated rings. The highest BCUT2D eigenvalue weighted by atomic mass is 31.2. The molecule has 11 heteroatoms. The van der Waals surface area contributed by atoms with E-state index in [0.717, 1.165) is 0 Å². The smallest absolute Gasteiger partial charge is 0.388 e. The van der Waals surface area contributed by atoms with Crippen molar-refractivity contribution in [2.75, 3.05) is 6.61 Å². The summed E-state index contributed by atoms with van der Waals surface area (Å²) in [5, 5.41) is 46.6. The Morgan fingerprint density at radius 1 is 1.11 bits per heavy atom. The van der Waals surface area contributed by atoms with E-state index < -0.39 is 51.2 Å². The Morgan fingerprint density at radius 2 is 1.67 bits per heavy atom. The highest BCUT2D eigenvalue weighted by Crippen LogP contribution is 2.36. The summed E-state index contributed by atoms with van der Waals surface area (Å²) in [5.41, 5.74) is 0. The largest absolute Gasteiger partial charge is 0.469 e. The van der Waals surface area contributed by atoms with Gasteiger partial charge in [-0.2, -0.15) is 0 Å². The number of rotatable bonds is 4. The SMILES string of the molecule is O=P(O)(O)OC[C@@H](O)[C@H]1O[C@H](O)[C@H](O)[C@@H](O)[C@@H]1O. The van der Waals surface area contributed by atoms with E-state index in [1.807, 2.05) is 0 Å². The standard InChI is InChI=1S/C7H15O10P/c8-2(1-16-18(13,14)15)6-4(10)3(9)5(11)7(12)17-6/h2-12H,1H2,(H2,13,14,15)/t2-,3+,4+,5-,6-,7+/m1/s1. The molecule has 6 atom stereocenters. The molecule has 1 aliphatic heterocycles. The van der Waals surface area contributed by atoms with E-state index in [-0.39, 0.29) is 0 Å². The molecule has 10 nitrogen and oxygen atoms in total. The molecule has 0 aromatic heterocycles. The quantitative estimate of drug-likeness (QED) is 0.254. The maximum absolute atomic E-state index is 10.4. The molecule has 1 saturated heterocycles. The molecule has 18 heavy (non-hydrogen) atoms. The molecule has 0 radical (unpaired) electrons. The third-order valence-corrected chi connectivity index (χ3v) is 2.90. The minimum Gasteiger partial charge on any atom is -0.388 e. The highest BCUT2D eigenvalue weighted by Gasteiger charge is 2.46. The van der Waals surface area contributed by atoms with Crippen molar-refractivity contribution in [3.8, 4) is 0 Å². The molecule has 0 amide bonds. The van der Waals surface area contributed by atoms with E-state index in [2.05, 4.69) is 9.26 Å². The second-order valence-corrected chi connectivity index (χ2v) is 5.06. The summed E-state index contributed by atoms with van der Waals surface area (Å²) in [6.07, 6.45) is -10.4. The summed E-state index contributed by atoms with van der Waals surface area (Å²) in [7, 11) is -4.80. The Morgan fingerprint density at radius 3 is 2.17 bits per heavy atom. The van der Waals surface area contributed by atoms with Crippen LogP contribution in [-0.2, 0) is 13.8 Å². The number of ether oxygens (including phenoxy) is 1. The van der Waals surface area contributed by atoms with Crippen LogP contribution in [-0.4, -0.2) is 78.7 Å². The van der Waals surface area contributed by atoms with Crippen molar-refractivity contribution in [1.82, 2.24) is 0 Å². The minimum atomic E-state index is -4.80. The molecule has 0 saturated carbocycles. The summed E-state index contributed by atoms with van der Waals surface area (Å²) in [6.45, 7) is -0.887. The maximum atomic E-state index is 10.4. The summed E-state index contributed by atoms with van der Waals surface area (Å²) in [5.74, 6) is 0. The van der Waals surface area contributed by atoms with E-state index in [1.165, 1.54) is 0 Å². The topological polar surface area (TPSA) is 177 Å². The van der Waals surface area contributed by atoms with Crippen LogP contribution in [0.1, 0.15) is 0 Å². The molecule has 7 N–H and O–H groups in total. The van der Waals surface area contributed by atoms with Gasteiger partial charge in [0.25, 0.3) is 0 Å². The first-order valence-electron chi connectivity index (χ1n) is 4.89. The fourth-order valence-electron chi connectivity index (χ4n) is 1.47. The maximum Gasteiger partial charge on any atom is 0.469 e. The minimum absolute atomic E-state index is 0.887. The van der Waals surface area contributed by atoms with Crippen LogP contribution in [0.15, 0.2) is 0 Å². The van der Waals surface area contributed by atoms with Gasteiger partial charge in [-0.1, -0.05) is 0 Å². The monoisotopic (exact) mass is 290 g/mol. The zero-order valence-electron chi connectivity index (χ0n) is 8.97. The third-order valence-electron chi connectivity index (χ3n) is 2.42. The lowest BCUT2D eigenvalue weighted by Crippen LogP contribution is -2.61. The van der Waals surface area contributed by atoms with Crippen molar-refractivity contribution in [3.63, 3.8) is 0 Å². The second kappa shape index (κ2) is 5.88. The van der Waals surface area contributed by atoms with Crippen LogP contribution in [0.25, 0.3) is 0 Å². The average Bonchev–Trinajstić information content (AvgIpc) is 2.27. The van der Waals surface area contributed by atoms with Gasteiger partial charge in [0.05, 0.1) is 6.61 Å². The van der Waals surface area contributed by atoms with Gasteiger partial charge in [0.15, 0.2) is 6.29 Å². The Kier molecular flexibility index (Phi) is 5.21. The number of aliphatic hydroxyl groups is 5. The fourth-order valence-corrected chi connectivity index (χ4v) is 1.82. The predicted molar refractivity (Wildman–Crippen MR) is 52.9 cm³/mol. The molecule has 1 aliphatic rings. The van der Waals surface area contributed by atoms with Gasteiger partial charge in [-0.3, -0.25) is 4.52 Å². The molecule has 0 aromatic carbocycles. The van der Waals surface area contributed by atoms with Gasteiger partial charge in [0, 0.05) is 0 Å². The van der Waals surface area contributed by atoms with Crippen molar-refractivity contribution >= 4 is 7.82 Å². The van der Waals surface area contributed by atoms with Crippen LogP contribution in [0.2, 0.25) is 0 Å². The molecule has 1 heterocycles. The van der Waals surface area contributed by atoms with Crippen molar-refractivity contribution in [2.45, 2.75) is 36.8 Å². The number of aliphatic hydroxyl groups excluding tert-OH is 5. The number of phosphoric acid groups is 1. The van der Waals surface area contributed by atoms with Crippen molar-refractivity contribution in [3.05, 3.63) is 0 Å². The van der Waals surface area contributed by atoms with Crippen LogP contribution in [0.3, 0.4) is 0 Å². The molecular weight excluding hydrogens is 275 g/mol. The van der Waals surface area contributed by atoms with Crippen LogP contribution in [0, 0.1) is 0 Å². The number of hydrogen-bond acceptors (Lipinski definition) is 8. The first-order chi connectivity index (χ1) is 8.13. The van der Waals surface area contributed by atoms with E-state index in [0.29, 0.717) is 0 Å². The Labute approximate surface area is 101 Å². The Hall–Kier alpha value is -0.130. The third kappa shape index (κ3) is 3.93. The van der Waals surface area contributed by atoms with Gasteiger partial charge in [-0.25, -0.2) is 4.57 Å². The normalized spacial score (nSPS) is 39.6. The van der Waals surface area contributed by atoms with E-state index in [4.69, 9.17) is 20.0 Å². The highest BCUT2D eigenvalue weighted by molar-refractivity contribution is 7.46. The van der Waals surface area contributed by atoms with Crippen LogP contribution in [0.5, 0.6) is 0 Å². The zero-order chi connectivity index (χ0) is 14.1. The van der Waals surface area contributed by atoms with Gasteiger partial charge in [0.2, 0.25) is 0 Å². The van der Waals surface area contributed by atoms with E-state index in [9.17, 15) is 19.9 Å². The van der Waals surface area contributed by atoms with Gasteiger partial charge in [-0.05, 0) is 0 Å². The lowest BCUT2D eigenvalue weighted by Gasteiger charge is -2.40. The average molecular weight is 290 g/mol. The molecule has 0 spiro atoms. The molecule has 1 rings (SSSR count). The summed E-state index contributed by atoms with van der Waals surface area (Å²) in [4.78, 5) is 16.8. The van der Waals surface area contributed by atoms with E-state index >= 15 is 0 Å². The molecular formula is C7H15O10P. The van der Waals surface area contributed by atoms with Crippen LogP contribution >= 0.6 is 7.82 Å². The second-order valence-electron chi connectivity index (χ2n) is 3.82. The first kappa shape index (κ1) is 15.9. The van der Waals surface area contributed by atoms with Crippen LogP contribution in [0.4, 0.5) is 0 Å². The van der Waals surface area contributed by atoms with Crippen molar-refractivity contribution < 1.29 is 49.1 Å². The number of phosphoric ester groups is 1. The molecule has 0 aliphatic carbocycles. The van der Waals surface area contributed by atoms with Crippen LogP contribution < -0.4 is 0 Å². The lowest BCUT2D eigenvalue weighted by atomic mass is 9.96. The summed E-state index contributed by atoms with van der Waals surface area (Å²) < 4.78 is 19.0. The summed E-state index contributed by atoms with van der Waals surface area (Å²) >= 11 is 0. The van der Waals surface area contributed by atoms with Crippen molar-refractivity contribution in [1.29, 1.82) is 0 Å². The molecule has 0 unspecified atom stereocenters.